The van der Waals surface area contributed by atoms with Crippen LogP contribution in [-0.2, 0) is 13.6 Å². The number of hydrogen-bond donors (Lipinski definition) is 1. The molecule has 0 aliphatic carbocycles. The quantitative estimate of drug-likeness (QED) is 0.852. The van der Waals surface area contributed by atoms with Gasteiger partial charge in [0.15, 0.2) is 0 Å². The Balaban J connectivity index is 1.87. The van der Waals surface area contributed by atoms with Crippen LogP contribution in [0.5, 0.6) is 5.75 Å². The molecule has 5 heteroatoms. The second-order valence-electron chi connectivity index (χ2n) is 5.00. The van der Waals surface area contributed by atoms with Gasteiger partial charge < -0.3 is 10.1 Å². The van der Waals surface area contributed by atoms with Crippen LogP contribution >= 0.6 is 11.6 Å². The number of nitrogens with one attached hydrogen (secondary N) is 1. The van der Waals surface area contributed by atoms with Crippen molar-refractivity contribution in [2.24, 2.45) is 7.05 Å². The predicted molar refractivity (Wildman–Crippen MR) is 85.4 cm³/mol. The molecule has 2 aromatic rings. The van der Waals surface area contributed by atoms with Crippen molar-refractivity contribution in [2.45, 2.75) is 19.5 Å². The topological polar surface area (TPSA) is 39.1 Å². The normalized spacial score (nSPS) is 12.1. The van der Waals surface area contributed by atoms with Gasteiger partial charge in [-0.3, -0.25) is 4.68 Å². The third-order valence-electron chi connectivity index (χ3n) is 3.15. The minimum atomic E-state index is 0.252. The van der Waals surface area contributed by atoms with Gasteiger partial charge in [-0.15, -0.1) is 0 Å². The van der Waals surface area contributed by atoms with Crippen molar-refractivity contribution in [3.63, 3.8) is 0 Å². The Bertz CT molecular complexity index is 592. The largest absolute Gasteiger partial charge is 0.488 e. The number of ether oxygens (including phenoxy) is 1. The lowest BCUT2D eigenvalue weighted by atomic mass is 10.1. The molecule has 1 N–H and O–H groups in total. The molecule has 1 atom stereocenters. The second-order valence-corrected chi connectivity index (χ2v) is 5.53. The van der Waals surface area contributed by atoms with E-state index >= 15 is 0 Å². The summed E-state index contributed by atoms with van der Waals surface area (Å²) in [4.78, 5) is 0. The minimum Gasteiger partial charge on any atom is -0.488 e. The van der Waals surface area contributed by atoms with Crippen molar-refractivity contribution in [1.29, 1.82) is 0 Å². The van der Waals surface area contributed by atoms with E-state index in [4.69, 9.17) is 16.3 Å². The fourth-order valence-electron chi connectivity index (χ4n) is 1.97. The van der Waals surface area contributed by atoms with E-state index in [1.54, 1.807) is 4.68 Å². The van der Waals surface area contributed by atoms with Crippen LogP contribution in [0.2, 0.25) is 0 Å². The number of nitrogens with zero attached hydrogens (tertiary/aromatic N) is 2. The number of hydrogen-bond acceptors (Lipinski definition) is 3. The SMILES string of the molecule is C=C(Cl)COc1ccc(C(C)NCc2cnn(C)c2)cc1. The molecular weight excluding hydrogens is 286 g/mol. The summed E-state index contributed by atoms with van der Waals surface area (Å²) >= 11 is 5.67. The molecule has 0 aliphatic rings. The number of aryl methyl sites for hydroxylation is 1. The fraction of sp³-hybridized carbons (Fsp3) is 0.312. The van der Waals surface area contributed by atoms with Crippen LogP contribution in [0.4, 0.5) is 0 Å². The van der Waals surface area contributed by atoms with Crippen LogP contribution in [0.15, 0.2) is 48.3 Å². The van der Waals surface area contributed by atoms with Crippen LogP contribution in [-0.4, -0.2) is 16.4 Å². The van der Waals surface area contributed by atoms with Crippen molar-refractivity contribution in [3.8, 4) is 5.75 Å². The van der Waals surface area contributed by atoms with Crippen LogP contribution in [0, 0.1) is 0 Å². The van der Waals surface area contributed by atoms with Gasteiger partial charge in [-0.2, -0.15) is 5.10 Å². The summed E-state index contributed by atoms with van der Waals surface area (Å²) in [6, 6.07) is 8.23. The Hall–Kier alpha value is -1.78. The Morgan fingerprint density at radius 1 is 1.43 bits per heavy atom. The van der Waals surface area contributed by atoms with E-state index in [0.717, 1.165) is 12.3 Å². The predicted octanol–water partition coefficient (Wildman–Crippen LogP) is 3.40. The van der Waals surface area contributed by atoms with Gasteiger partial charge in [-0.05, 0) is 24.6 Å². The number of aromatic nitrogens is 2. The van der Waals surface area contributed by atoms with E-state index in [0.29, 0.717) is 11.6 Å². The summed E-state index contributed by atoms with van der Waals surface area (Å²) in [7, 11) is 1.92. The summed E-state index contributed by atoms with van der Waals surface area (Å²) < 4.78 is 7.28. The molecule has 1 aromatic heterocycles. The van der Waals surface area contributed by atoms with Gasteiger partial charge in [0.2, 0.25) is 0 Å². The zero-order valence-electron chi connectivity index (χ0n) is 12.3. The molecule has 2 rings (SSSR count). The molecule has 0 amide bonds. The van der Waals surface area contributed by atoms with E-state index in [1.807, 2.05) is 43.7 Å². The number of rotatable bonds is 7. The maximum absolute atomic E-state index is 5.67. The zero-order valence-corrected chi connectivity index (χ0v) is 13.1. The molecule has 4 nitrogen and oxygen atoms in total. The van der Waals surface area contributed by atoms with Crippen LogP contribution < -0.4 is 10.1 Å². The molecule has 0 saturated heterocycles. The minimum absolute atomic E-state index is 0.252. The van der Waals surface area contributed by atoms with Gasteiger partial charge in [0.25, 0.3) is 0 Å². The van der Waals surface area contributed by atoms with E-state index < -0.39 is 0 Å². The number of halogens is 1. The van der Waals surface area contributed by atoms with Crippen molar-refractivity contribution < 1.29 is 4.74 Å². The second kappa shape index (κ2) is 7.29. The Labute approximate surface area is 130 Å². The molecule has 1 heterocycles. The first-order valence-electron chi connectivity index (χ1n) is 6.81. The van der Waals surface area contributed by atoms with Crippen LogP contribution in [0.1, 0.15) is 24.1 Å². The highest BCUT2D eigenvalue weighted by Crippen LogP contribution is 2.18. The van der Waals surface area contributed by atoms with Crippen molar-refractivity contribution >= 4 is 11.6 Å². The van der Waals surface area contributed by atoms with Crippen LogP contribution in [0.3, 0.4) is 0 Å². The Kier molecular flexibility index (Phi) is 5.42. The summed E-state index contributed by atoms with van der Waals surface area (Å²) in [5.74, 6) is 0.792. The first-order chi connectivity index (χ1) is 10.0. The average Bonchev–Trinajstić information content (AvgIpc) is 2.89. The zero-order chi connectivity index (χ0) is 15.2. The van der Waals surface area contributed by atoms with Gasteiger partial charge in [-0.1, -0.05) is 30.3 Å². The highest BCUT2D eigenvalue weighted by molar-refractivity contribution is 6.29. The van der Waals surface area contributed by atoms with Crippen molar-refractivity contribution in [3.05, 3.63) is 59.4 Å². The van der Waals surface area contributed by atoms with E-state index in [1.165, 1.54) is 11.1 Å². The third-order valence-corrected chi connectivity index (χ3v) is 3.26. The first-order valence-corrected chi connectivity index (χ1v) is 7.19. The molecule has 0 spiro atoms. The maximum atomic E-state index is 5.67. The molecule has 0 bridgehead atoms. The van der Waals surface area contributed by atoms with Gasteiger partial charge in [-0.25, -0.2) is 0 Å². The average molecular weight is 306 g/mol. The summed E-state index contributed by atoms with van der Waals surface area (Å²) in [5, 5.41) is 8.12. The molecule has 1 unspecified atom stereocenters. The highest BCUT2D eigenvalue weighted by atomic mass is 35.5. The Morgan fingerprint density at radius 2 is 2.14 bits per heavy atom. The lowest BCUT2D eigenvalue weighted by Crippen LogP contribution is -2.17. The molecule has 0 saturated carbocycles. The van der Waals surface area contributed by atoms with E-state index in [9.17, 15) is 0 Å². The van der Waals surface area contributed by atoms with Crippen molar-refractivity contribution in [1.82, 2.24) is 15.1 Å². The molecule has 0 radical (unpaired) electrons. The Morgan fingerprint density at radius 3 is 2.71 bits per heavy atom. The molecule has 0 fully saturated rings. The van der Waals surface area contributed by atoms with Gasteiger partial charge >= 0.3 is 0 Å². The fourth-order valence-corrected chi connectivity index (χ4v) is 2.02. The van der Waals surface area contributed by atoms with Crippen molar-refractivity contribution in [2.75, 3.05) is 6.61 Å². The highest BCUT2D eigenvalue weighted by Gasteiger charge is 2.06. The third kappa shape index (κ3) is 4.92. The summed E-state index contributed by atoms with van der Waals surface area (Å²) in [5.41, 5.74) is 2.38. The van der Waals surface area contributed by atoms with Gasteiger partial charge in [0, 0.05) is 36.4 Å². The first kappa shape index (κ1) is 15.6. The monoisotopic (exact) mass is 305 g/mol. The maximum Gasteiger partial charge on any atom is 0.123 e. The molecule has 0 aliphatic heterocycles. The van der Waals surface area contributed by atoms with Gasteiger partial charge in [0.1, 0.15) is 12.4 Å². The molecule has 1 aromatic carbocycles. The number of benzene rings is 1. The molecule has 112 valence electrons. The van der Waals surface area contributed by atoms with E-state index in [-0.39, 0.29) is 6.04 Å². The van der Waals surface area contributed by atoms with Crippen LogP contribution in [0.25, 0.3) is 0 Å². The van der Waals surface area contributed by atoms with Gasteiger partial charge in [0.05, 0.1) is 6.20 Å². The molecular formula is C16H20ClN3O. The van der Waals surface area contributed by atoms with E-state index in [2.05, 4.69) is 23.9 Å². The molecule has 21 heavy (non-hydrogen) atoms. The lowest BCUT2D eigenvalue weighted by molar-refractivity contribution is 0.359. The lowest BCUT2D eigenvalue weighted by Gasteiger charge is -2.14. The standard InChI is InChI=1S/C16H20ClN3O/c1-12(17)11-21-16-6-4-15(5-7-16)13(2)18-8-14-9-19-20(3)10-14/h4-7,9-10,13,18H,1,8,11H2,2-3H3. The summed E-state index contributed by atoms with van der Waals surface area (Å²) in [6.45, 7) is 6.85. The smallest absolute Gasteiger partial charge is 0.123 e. The summed E-state index contributed by atoms with van der Waals surface area (Å²) in [6.07, 6.45) is 3.88.